The van der Waals surface area contributed by atoms with E-state index in [9.17, 15) is 12.8 Å². The van der Waals surface area contributed by atoms with E-state index in [-0.39, 0.29) is 11.6 Å². The molecule has 1 aromatic rings. The number of rotatable bonds is 7. The summed E-state index contributed by atoms with van der Waals surface area (Å²) in [7, 11) is -3.37. The molecule has 0 unspecified atom stereocenters. The number of nitrogens with zero attached hydrogens (tertiary/aromatic N) is 1. The molecule has 0 radical (unpaired) electrons. The van der Waals surface area contributed by atoms with E-state index < -0.39 is 10.0 Å². The Kier molecular flexibility index (Phi) is 6.56. The number of likely N-dealkylation sites (tertiary alicyclic amines) is 1. The van der Waals surface area contributed by atoms with Gasteiger partial charge < -0.3 is 4.90 Å². The molecule has 1 fully saturated rings. The lowest BCUT2D eigenvalue weighted by atomic mass is 9.96. The summed E-state index contributed by atoms with van der Waals surface area (Å²) in [5.74, 6) is 0.619. The molecular weight excluding hydrogens is 315 g/mol. The highest BCUT2D eigenvalue weighted by molar-refractivity contribution is 7.88. The lowest BCUT2D eigenvalue weighted by Crippen LogP contribution is -2.40. The highest BCUT2D eigenvalue weighted by Gasteiger charge is 2.21. The Balaban J connectivity index is 1.76. The molecule has 0 aromatic heterocycles. The van der Waals surface area contributed by atoms with Crippen LogP contribution in [0.5, 0.6) is 0 Å². The van der Waals surface area contributed by atoms with Gasteiger partial charge in [0.2, 0.25) is 10.0 Å². The van der Waals surface area contributed by atoms with Crippen LogP contribution in [0.25, 0.3) is 0 Å². The molecule has 0 bridgehead atoms. The first kappa shape index (κ1) is 18.4. The summed E-state index contributed by atoms with van der Waals surface area (Å²) in [6.45, 7) is 8.14. The molecular formula is C17H27FN2O2S. The maximum atomic E-state index is 12.9. The number of hydrogen-bond donors (Lipinski definition) is 1. The van der Waals surface area contributed by atoms with Crippen LogP contribution < -0.4 is 4.72 Å². The number of sulfonamides is 1. The fourth-order valence-electron chi connectivity index (χ4n) is 2.99. The van der Waals surface area contributed by atoms with Gasteiger partial charge in [0.15, 0.2) is 0 Å². The second kappa shape index (κ2) is 8.22. The van der Waals surface area contributed by atoms with Crippen LogP contribution in [-0.2, 0) is 15.8 Å². The van der Waals surface area contributed by atoms with Crippen LogP contribution in [0, 0.1) is 17.7 Å². The van der Waals surface area contributed by atoms with E-state index in [0.717, 1.165) is 32.5 Å². The van der Waals surface area contributed by atoms with Crippen molar-refractivity contribution in [1.29, 1.82) is 0 Å². The second-order valence-electron chi connectivity index (χ2n) is 6.87. The maximum Gasteiger partial charge on any atom is 0.215 e. The Bertz CT molecular complexity index is 579. The Hall–Kier alpha value is -0.980. The van der Waals surface area contributed by atoms with E-state index in [1.54, 1.807) is 0 Å². The molecule has 1 saturated heterocycles. The minimum atomic E-state index is -3.37. The zero-order valence-corrected chi connectivity index (χ0v) is 14.8. The van der Waals surface area contributed by atoms with Crippen LogP contribution in [0.4, 0.5) is 4.39 Å². The van der Waals surface area contributed by atoms with Crippen molar-refractivity contribution in [3.8, 4) is 0 Å². The Morgan fingerprint density at radius 3 is 2.39 bits per heavy atom. The molecule has 0 aliphatic carbocycles. The van der Waals surface area contributed by atoms with Gasteiger partial charge >= 0.3 is 0 Å². The van der Waals surface area contributed by atoms with E-state index in [2.05, 4.69) is 23.5 Å². The molecule has 1 aliphatic rings. The van der Waals surface area contributed by atoms with E-state index in [1.807, 2.05) is 0 Å². The smallest absolute Gasteiger partial charge is 0.215 e. The first-order valence-electron chi connectivity index (χ1n) is 8.28. The van der Waals surface area contributed by atoms with Crippen molar-refractivity contribution in [3.63, 3.8) is 0 Å². The van der Waals surface area contributed by atoms with Crippen LogP contribution >= 0.6 is 0 Å². The minimum absolute atomic E-state index is 0.0977. The van der Waals surface area contributed by atoms with Crippen LogP contribution in [0.2, 0.25) is 0 Å². The Morgan fingerprint density at radius 1 is 1.22 bits per heavy atom. The van der Waals surface area contributed by atoms with Crippen LogP contribution in [0.1, 0.15) is 32.3 Å². The van der Waals surface area contributed by atoms with Crippen molar-refractivity contribution in [3.05, 3.63) is 35.6 Å². The number of hydrogen-bond acceptors (Lipinski definition) is 3. The largest absolute Gasteiger partial charge is 0.303 e. The van der Waals surface area contributed by atoms with Crippen molar-refractivity contribution in [2.75, 3.05) is 26.2 Å². The number of halogens is 1. The lowest BCUT2D eigenvalue weighted by Gasteiger charge is -2.33. The number of benzene rings is 1. The van der Waals surface area contributed by atoms with Gasteiger partial charge in [-0.05, 0) is 55.5 Å². The molecule has 23 heavy (non-hydrogen) atoms. The third-order valence-corrected chi connectivity index (χ3v) is 5.51. The molecule has 2 rings (SSSR count). The predicted molar refractivity (Wildman–Crippen MR) is 91.0 cm³/mol. The lowest BCUT2D eigenvalue weighted by molar-refractivity contribution is 0.169. The molecule has 0 saturated carbocycles. The average Bonchev–Trinajstić information content (AvgIpc) is 2.48. The topological polar surface area (TPSA) is 49.4 Å². The average molecular weight is 342 g/mol. The molecule has 0 atom stereocenters. The summed E-state index contributed by atoms with van der Waals surface area (Å²) >= 11 is 0. The van der Waals surface area contributed by atoms with Crippen molar-refractivity contribution >= 4 is 10.0 Å². The first-order chi connectivity index (χ1) is 10.8. The van der Waals surface area contributed by atoms with Gasteiger partial charge in [-0.15, -0.1) is 0 Å². The van der Waals surface area contributed by atoms with Gasteiger partial charge in [0.25, 0.3) is 0 Å². The summed E-state index contributed by atoms with van der Waals surface area (Å²) < 4.78 is 39.8. The molecule has 1 aromatic carbocycles. The van der Waals surface area contributed by atoms with Crippen LogP contribution in [0.15, 0.2) is 24.3 Å². The fraction of sp³-hybridized carbons (Fsp3) is 0.647. The quantitative estimate of drug-likeness (QED) is 0.829. The molecule has 1 N–H and O–H groups in total. The third-order valence-electron chi connectivity index (χ3n) is 4.19. The molecule has 0 spiro atoms. The molecule has 0 amide bonds. The monoisotopic (exact) mass is 342 g/mol. The third kappa shape index (κ3) is 6.57. The molecule has 1 aliphatic heterocycles. The molecule has 6 heteroatoms. The van der Waals surface area contributed by atoms with E-state index in [4.69, 9.17) is 0 Å². The van der Waals surface area contributed by atoms with E-state index in [0.29, 0.717) is 23.9 Å². The van der Waals surface area contributed by atoms with Gasteiger partial charge in [0, 0.05) is 13.1 Å². The zero-order valence-electron chi connectivity index (χ0n) is 14.0. The SMILES string of the molecule is CC(C)CN1CCC(CNS(=O)(=O)Cc2ccc(F)cc2)CC1. The minimum Gasteiger partial charge on any atom is -0.303 e. The maximum absolute atomic E-state index is 12.9. The summed E-state index contributed by atoms with van der Waals surface area (Å²) in [6.07, 6.45) is 2.07. The van der Waals surface area contributed by atoms with Gasteiger partial charge in [-0.3, -0.25) is 0 Å². The van der Waals surface area contributed by atoms with Gasteiger partial charge in [0.05, 0.1) is 5.75 Å². The van der Waals surface area contributed by atoms with E-state index >= 15 is 0 Å². The number of nitrogens with one attached hydrogen (secondary N) is 1. The summed E-state index contributed by atoms with van der Waals surface area (Å²) in [6, 6.07) is 5.60. The highest BCUT2D eigenvalue weighted by Crippen LogP contribution is 2.18. The first-order valence-corrected chi connectivity index (χ1v) is 9.93. The van der Waals surface area contributed by atoms with Crippen molar-refractivity contribution in [2.45, 2.75) is 32.4 Å². The van der Waals surface area contributed by atoms with Crippen molar-refractivity contribution in [1.82, 2.24) is 9.62 Å². The Labute approximate surface area is 139 Å². The van der Waals surface area contributed by atoms with Crippen LogP contribution in [0.3, 0.4) is 0 Å². The molecule has 130 valence electrons. The summed E-state index contributed by atoms with van der Waals surface area (Å²) in [4.78, 5) is 2.45. The summed E-state index contributed by atoms with van der Waals surface area (Å²) in [5, 5.41) is 0. The van der Waals surface area contributed by atoms with Crippen molar-refractivity contribution < 1.29 is 12.8 Å². The molecule has 4 nitrogen and oxygen atoms in total. The van der Waals surface area contributed by atoms with Gasteiger partial charge in [-0.25, -0.2) is 17.5 Å². The Morgan fingerprint density at radius 2 is 1.83 bits per heavy atom. The second-order valence-corrected chi connectivity index (χ2v) is 8.68. The van der Waals surface area contributed by atoms with E-state index in [1.165, 1.54) is 24.3 Å². The summed E-state index contributed by atoms with van der Waals surface area (Å²) in [5.41, 5.74) is 0.602. The normalized spacial score (nSPS) is 17.7. The van der Waals surface area contributed by atoms with Gasteiger partial charge in [-0.2, -0.15) is 0 Å². The van der Waals surface area contributed by atoms with Gasteiger partial charge in [0.1, 0.15) is 5.82 Å². The predicted octanol–water partition coefficient (Wildman–Crippen LogP) is 2.61. The van der Waals surface area contributed by atoms with Crippen LogP contribution in [-0.4, -0.2) is 39.5 Å². The van der Waals surface area contributed by atoms with Crippen molar-refractivity contribution in [2.24, 2.45) is 11.8 Å². The molecule has 1 heterocycles. The highest BCUT2D eigenvalue weighted by atomic mass is 32.2. The zero-order chi connectivity index (χ0) is 16.9. The fourth-order valence-corrected chi connectivity index (χ4v) is 4.21. The van der Waals surface area contributed by atoms with Gasteiger partial charge in [-0.1, -0.05) is 26.0 Å². The standard InChI is InChI=1S/C17H27FN2O2S/c1-14(2)12-20-9-7-15(8-10-20)11-19-23(21,22)13-16-3-5-17(18)6-4-16/h3-6,14-15,19H,7-13H2,1-2H3. The number of piperidine rings is 1.